The summed E-state index contributed by atoms with van der Waals surface area (Å²) in [5.41, 5.74) is 2.82. The topological polar surface area (TPSA) is 64.4 Å². The molecular weight excluding hydrogens is 490 g/mol. The van der Waals surface area contributed by atoms with Gasteiger partial charge in [-0.1, -0.05) is 42.4 Å². The number of aromatic nitrogens is 2. The Morgan fingerprint density at radius 2 is 1.97 bits per heavy atom. The number of hydrogen-bond donors (Lipinski definition) is 0. The normalized spacial score (nSPS) is 21.9. The van der Waals surface area contributed by atoms with E-state index < -0.39 is 10.0 Å². The van der Waals surface area contributed by atoms with Gasteiger partial charge in [-0.15, -0.1) is 0 Å². The monoisotopic (exact) mass is 519 g/mol. The fourth-order valence-corrected chi connectivity index (χ4v) is 7.49. The third kappa shape index (κ3) is 5.16. The third-order valence-electron chi connectivity index (χ3n) is 6.63. The molecule has 2 atom stereocenters. The molecule has 2 aromatic carbocycles. The summed E-state index contributed by atoms with van der Waals surface area (Å²) in [6.45, 7) is 4.79. The smallest absolute Gasteiger partial charge is 0.243 e. The van der Waals surface area contributed by atoms with Crippen LogP contribution in [0, 0.1) is 5.92 Å². The summed E-state index contributed by atoms with van der Waals surface area (Å²) in [4.78, 5) is 5.21. The highest BCUT2D eigenvalue weighted by atomic mass is 35.5. The maximum Gasteiger partial charge on any atom is 0.243 e. The lowest BCUT2D eigenvalue weighted by Crippen LogP contribution is -2.39. The van der Waals surface area contributed by atoms with Crippen LogP contribution in [0.2, 0.25) is 5.02 Å². The number of nitrogens with zero attached hydrogens (tertiary/aromatic N) is 3. The minimum atomic E-state index is -3.53. The van der Waals surface area contributed by atoms with Gasteiger partial charge in [-0.05, 0) is 67.5 Å². The Kier molecular flexibility index (Phi) is 7.23. The largest absolute Gasteiger partial charge is 0.376 e. The molecule has 0 saturated carbocycles. The van der Waals surface area contributed by atoms with Crippen LogP contribution in [0.1, 0.15) is 38.2 Å². The van der Waals surface area contributed by atoms with E-state index in [4.69, 9.17) is 21.3 Å². The molecule has 2 fully saturated rings. The molecule has 2 aliphatic rings. The number of hydrogen-bond acceptors (Lipinski definition) is 5. The number of fused-ring (bicyclic) bond motifs is 1. The highest BCUT2D eigenvalue weighted by Crippen LogP contribution is 2.31. The number of ether oxygens (including phenoxy) is 1. The van der Waals surface area contributed by atoms with Crippen molar-refractivity contribution in [3.05, 3.63) is 53.1 Å². The molecule has 34 heavy (non-hydrogen) atoms. The highest BCUT2D eigenvalue weighted by Gasteiger charge is 2.29. The molecule has 0 spiro atoms. The van der Waals surface area contributed by atoms with Crippen molar-refractivity contribution in [2.75, 3.05) is 19.7 Å². The maximum absolute atomic E-state index is 13.3. The Morgan fingerprint density at radius 3 is 2.71 bits per heavy atom. The fourth-order valence-electron chi connectivity index (χ4n) is 4.77. The van der Waals surface area contributed by atoms with Crippen LogP contribution in [0.3, 0.4) is 0 Å². The van der Waals surface area contributed by atoms with E-state index in [9.17, 15) is 8.42 Å². The summed E-state index contributed by atoms with van der Waals surface area (Å²) in [5, 5.41) is 1.60. The van der Waals surface area contributed by atoms with Gasteiger partial charge in [0.15, 0.2) is 5.16 Å². The van der Waals surface area contributed by atoms with E-state index in [1.54, 1.807) is 28.2 Å². The van der Waals surface area contributed by atoms with Crippen LogP contribution >= 0.6 is 23.4 Å². The minimum absolute atomic E-state index is 0.158. The number of imidazole rings is 1. The second-order valence-electron chi connectivity index (χ2n) is 9.32. The van der Waals surface area contributed by atoms with E-state index in [0.29, 0.717) is 29.4 Å². The van der Waals surface area contributed by atoms with Gasteiger partial charge < -0.3 is 9.30 Å². The second kappa shape index (κ2) is 10.2. The van der Waals surface area contributed by atoms with E-state index >= 15 is 0 Å². The number of benzene rings is 2. The number of thioether (sulfide) groups is 1. The van der Waals surface area contributed by atoms with Gasteiger partial charge in [-0.3, -0.25) is 0 Å². The van der Waals surface area contributed by atoms with Crippen LogP contribution in [0.4, 0.5) is 0 Å². The van der Waals surface area contributed by atoms with Crippen molar-refractivity contribution in [1.82, 2.24) is 13.9 Å². The second-order valence-corrected chi connectivity index (χ2v) is 12.6. The van der Waals surface area contributed by atoms with Crippen LogP contribution in [-0.4, -0.2) is 48.1 Å². The first-order valence-electron chi connectivity index (χ1n) is 11.9. The predicted molar refractivity (Wildman–Crippen MR) is 137 cm³/mol. The molecule has 0 N–H and O–H groups in total. The van der Waals surface area contributed by atoms with Gasteiger partial charge in [0.05, 0.1) is 28.6 Å². The Balaban J connectivity index is 1.46. The molecule has 0 bridgehead atoms. The van der Waals surface area contributed by atoms with Gasteiger partial charge in [0.2, 0.25) is 10.0 Å². The van der Waals surface area contributed by atoms with Gasteiger partial charge in [0.1, 0.15) is 0 Å². The quantitative estimate of drug-likeness (QED) is 0.381. The van der Waals surface area contributed by atoms with Crippen molar-refractivity contribution in [3.63, 3.8) is 0 Å². The van der Waals surface area contributed by atoms with Crippen molar-refractivity contribution in [2.45, 2.75) is 61.1 Å². The minimum Gasteiger partial charge on any atom is -0.376 e. The van der Waals surface area contributed by atoms with Crippen molar-refractivity contribution in [1.29, 1.82) is 0 Å². The van der Waals surface area contributed by atoms with Crippen LogP contribution < -0.4 is 0 Å². The van der Waals surface area contributed by atoms with Crippen molar-refractivity contribution < 1.29 is 13.2 Å². The lowest BCUT2D eigenvalue weighted by molar-refractivity contribution is 0.0960. The maximum atomic E-state index is 13.3. The molecule has 6 nitrogen and oxygen atoms in total. The van der Waals surface area contributed by atoms with Crippen molar-refractivity contribution >= 4 is 44.4 Å². The lowest BCUT2D eigenvalue weighted by atomic mass is 10.0. The average molecular weight is 520 g/mol. The lowest BCUT2D eigenvalue weighted by Gasteiger charge is -2.30. The van der Waals surface area contributed by atoms with Gasteiger partial charge >= 0.3 is 0 Å². The summed E-state index contributed by atoms with van der Waals surface area (Å²) in [6, 6.07) is 13.2. The summed E-state index contributed by atoms with van der Waals surface area (Å²) in [7, 11) is -3.53. The summed E-state index contributed by atoms with van der Waals surface area (Å²) in [5.74, 6) is 1.14. The fraction of sp³-hybridized carbons (Fsp3) is 0.480. The summed E-state index contributed by atoms with van der Waals surface area (Å²) >= 11 is 7.68. The van der Waals surface area contributed by atoms with Crippen LogP contribution in [0.25, 0.3) is 11.0 Å². The standard InChI is InChI=1S/C25H30ClN3O3S2/c1-18-4-2-12-28(15-18)34(30,31)22-10-11-24-23(14-22)27-25(29(24)16-21-5-3-13-32-21)33-17-19-6-8-20(26)9-7-19/h6-11,14,18,21H,2-5,12-13,15-17H2,1H3/t18-,21-/m1/s1. The SMILES string of the molecule is C[C@@H]1CCCN(S(=O)(=O)c2ccc3c(c2)nc(SCc2ccc(Cl)cc2)n3C[C@H]2CCCO2)C1. The third-order valence-corrected chi connectivity index (χ3v) is 9.79. The number of sulfonamides is 1. The van der Waals surface area contributed by atoms with Crippen LogP contribution in [0.5, 0.6) is 0 Å². The molecule has 0 aliphatic carbocycles. The van der Waals surface area contributed by atoms with Gasteiger partial charge in [0.25, 0.3) is 0 Å². The number of rotatable bonds is 7. The first kappa shape index (κ1) is 24.1. The molecule has 3 heterocycles. The molecule has 3 aromatic rings. The zero-order valence-corrected chi connectivity index (χ0v) is 21.7. The van der Waals surface area contributed by atoms with E-state index in [1.807, 2.05) is 30.3 Å². The molecule has 2 saturated heterocycles. The predicted octanol–water partition coefficient (Wildman–Crippen LogP) is 5.58. The Bertz CT molecular complexity index is 1250. The van der Waals surface area contributed by atoms with Gasteiger partial charge in [0, 0.05) is 30.5 Å². The van der Waals surface area contributed by atoms with Gasteiger partial charge in [-0.2, -0.15) is 4.31 Å². The molecule has 9 heteroatoms. The Hall–Kier alpha value is -1.58. The summed E-state index contributed by atoms with van der Waals surface area (Å²) in [6.07, 6.45) is 4.24. The molecule has 5 rings (SSSR count). The Labute approximate surface area is 210 Å². The number of piperidine rings is 1. The summed E-state index contributed by atoms with van der Waals surface area (Å²) < 4.78 is 36.4. The van der Waals surface area contributed by atoms with Gasteiger partial charge in [-0.25, -0.2) is 13.4 Å². The molecular formula is C25H30ClN3O3S2. The average Bonchev–Trinajstić information content (AvgIpc) is 3.46. The zero-order valence-electron chi connectivity index (χ0n) is 19.3. The molecule has 182 valence electrons. The molecule has 2 aliphatic heterocycles. The molecule has 1 aromatic heterocycles. The first-order valence-corrected chi connectivity index (χ1v) is 14.7. The molecule has 0 amide bonds. The number of halogens is 1. The van der Waals surface area contributed by atoms with Crippen molar-refractivity contribution in [2.24, 2.45) is 5.92 Å². The van der Waals surface area contributed by atoms with Crippen molar-refractivity contribution in [3.8, 4) is 0 Å². The first-order chi connectivity index (χ1) is 16.4. The van der Waals surface area contributed by atoms with Crippen LogP contribution in [-0.2, 0) is 27.1 Å². The van der Waals surface area contributed by atoms with E-state index in [1.165, 1.54) is 0 Å². The van der Waals surface area contributed by atoms with Crippen LogP contribution in [0.15, 0.2) is 52.5 Å². The van der Waals surface area contributed by atoms with E-state index in [2.05, 4.69) is 11.5 Å². The zero-order chi connectivity index (χ0) is 23.7. The highest BCUT2D eigenvalue weighted by molar-refractivity contribution is 7.98. The molecule has 0 radical (unpaired) electrons. The molecule has 0 unspecified atom stereocenters. The van der Waals surface area contributed by atoms with E-state index in [0.717, 1.165) is 65.8 Å². The van der Waals surface area contributed by atoms with E-state index in [-0.39, 0.29) is 6.10 Å². The Morgan fingerprint density at radius 1 is 1.15 bits per heavy atom.